The Morgan fingerprint density at radius 2 is 2.14 bits per heavy atom. The SMILES string of the molecule is COc1cc(Cl)nc2ccc(Br)cc12. The second-order valence-corrected chi connectivity index (χ2v) is 4.11. The number of nitrogens with zero attached hydrogens (tertiary/aromatic N) is 1. The predicted octanol–water partition coefficient (Wildman–Crippen LogP) is 3.66. The first-order valence-corrected chi connectivity index (χ1v) is 5.17. The van der Waals surface area contributed by atoms with Crippen molar-refractivity contribution >= 4 is 38.4 Å². The molecule has 4 heteroatoms. The van der Waals surface area contributed by atoms with E-state index < -0.39 is 0 Å². The third-order valence-corrected chi connectivity index (χ3v) is 2.61. The maximum absolute atomic E-state index is 5.84. The van der Waals surface area contributed by atoms with E-state index >= 15 is 0 Å². The Bertz CT molecular complexity index is 487. The summed E-state index contributed by atoms with van der Waals surface area (Å²) in [5, 5.41) is 1.39. The molecule has 0 saturated heterocycles. The van der Waals surface area contributed by atoms with Gasteiger partial charge in [-0.1, -0.05) is 27.5 Å². The number of rotatable bonds is 1. The first-order valence-electron chi connectivity index (χ1n) is 4.00. The van der Waals surface area contributed by atoms with Crippen molar-refractivity contribution in [3.8, 4) is 5.75 Å². The van der Waals surface area contributed by atoms with Gasteiger partial charge in [0.15, 0.2) is 0 Å². The summed E-state index contributed by atoms with van der Waals surface area (Å²) in [7, 11) is 1.62. The van der Waals surface area contributed by atoms with E-state index in [0.29, 0.717) is 5.15 Å². The van der Waals surface area contributed by atoms with Gasteiger partial charge in [-0.2, -0.15) is 0 Å². The van der Waals surface area contributed by atoms with Crippen molar-refractivity contribution in [2.24, 2.45) is 0 Å². The van der Waals surface area contributed by atoms with Gasteiger partial charge in [0.25, 0.3) is 0 Å². The first kappa shape index (κ1) is 9.74. The molecule has 1 aromatic heterocycles. The standard InChI is InChI=1S/C10H7BrClNO/c1-14-9-5-10(12)13-8-3-2-6(11)4-7(8)9/h2-5H,1H3. The Hall–Kier alpha value is -0.800. The first-order chi connectivity index (χ1) is 6.70. The molecule has 0 saturated carbocycles. The molecule has 14 heavy (non-hydrogen) atoms. The van der Waals surface area contributed by atoms with Gasteiger partial charge in [-0.05, 0) is 18.2 Å². The Morgan fingerprint density at radius 3 is 2.86 bits per heavy atom. The third-order valence-electron chi connectivity index (χ3n) is 1.92. The molecule has 2 aromatic rings. The van der Waals surface area contributed by atoms with Crippen LogP contribution in [0, 0.1) is 0 Å². The minimum atomic E-state index is 0.441. The van der Waals surface area contributed by atoms with E-state index in [1.807, 2.05) is 18.2 Å². The zero-order valence-electron chi connectivity index (χ0n) is 7.42. The van der Waals surface area contributed by atoms with Crippen LogP contribution >= 0.6 is 27.5 Å². The Morgan fingerprint density at radius 1 is 1.36 bits per heavy atom. The lowest BCUT2D eigenvalue weighted by Crippen LogP contribution is -1.88. The quantitative estimate of drug-likeness (QED) is 0.739. The van der Waals surface area contributed by atoms with Gasteiger partial charge in [-0.25, -0.2) is 4.98 Å². The maximum Gasteiger partial charge on any atom is 0.133 e. The molecule has 0 amide bonds. The van der Waals surface area contributed by atoms with Gasteiger partial charge in [0, 0.05) is 15.9 Å². The van der Waals surface area contributed by atoms with Gasteiger partial charge in [0.05, 0.1) is 12.6 Å². The van der Waals surface area contributed by atoms with Gasteiger partial charge >= 0.3 is 0 Å². The van der Waals surface area contributed by atoms with E-state index in [1.165, 1.54) is 0 Å². The summed E-state index contributed by atoms with van der Waals surface area (Å²) in [5.41, 5.74) is 0.831. The summed E-state index contributed by atoms with van der Waals surface area (Å²) in [6, 6.07) is 7.48. The smallest absolute Gasteiger partial charge is 0.133 e. The van der Waals surface area contributed by atoms with Crippen LogP contribution in [0.5, 0.6) is 5.75 Å². The van der Waals surface area contributed by atoms with Crippen LogP contribution in [0.25, 0.3) is 10.9 Å². The van der Waals surface area contributed by atoms with E-state index in [4.69, 9.17) is 16.3 Å². The second kappa shape index (κ2) is 3.75. The minimum Gasteiger partial charge on any atom is -0.496 e. The van der Waals surface area contributed by atoms with Crippen LogP contribution in [-0.4, -0.2) is 12.1 Å². The molecule has 0 bridgehead atoms. The monoisotopic (exact) mass is 271 g/mol. The molecule has 0 spiro atoms. The summed E-state index contributed by atoms with van der Waals surface area (Å²) in [4.78, 5) is 4.19. The van der Waals surface area contributed by atoms with Crippen LogP contribution in [0.3, 0.4) is 0 Å². The molecular formula is C10H7BrClNO. The zero-order chi connectivity index (χ0) is 10.1. The summed E-state index contributed by atoms with van der Waals surface area (Å²) < 4.78 is 6.21. The molecular weight excluding hydrogens is 265 g/mol. The van der Waals surface area contributed by atoms with Gasteiger partial charge in [0.1, 0.15) is 10.9 Å². The van der Waals surface area contributed by atoms with Crippen molar-refractivity contribution in [1.29, 1.82) is 0 Å². The van der Waals surface area contributed by atoms with Gasteiger partial charge in [-0.3, -0.25) is 0 Å². The van der Waals surface area contributed by atoms with Crippen LogP contribution in [-0.2, 0) is 0 Å². The van der Waals surface area contributed by atoms with Crippen LogP contribution in [0.4, 0.5) is 0 Å². The molecule has 0 N–H and O–H groups in total. The number of benzene rings is 1. The molecule has 0 aliphatic rings. The molecule has 0 radical (unpaired) electrons. The van der Waals surface area contributed by atoms with Crippen LogP contribution in [0.15, 0.2) is 28.7 Å². The largest absolute Gasteiger partial charge is 0.496 e. The van der Waals surface area contributed by atoms with Gasteiger partial charge in [-0.15, -0.1) is 0 Å². The second-order valence-electron chi connectivity index (χ2n) is 2.81. The topological polar surface area (TPSA) is 22.1 Å². The van der Waals surface area contributed by atoms with E-state index in [-0.39, 0.29) is 0 Å². The van der Waals surface area contributed by atoms with E-state index in [0.717, 1.165) is 21.1 Å². The molecule has 2 nitrogen and oxygen atoms in total. The molecule has 72 valence electrons. The lowest BCUT2D eigenvalue weighted by atomic mass is 10.2. The molecule has 2 rings (SSSR count). The summed E-state index contributed by atoms with van der Waals surface area (Å²) in [6.45, 7) is 0. The molecule has 0 fully saturated rings. The number of halogens is 2. The third kappa shape index (κ3) is 1.70. The average molecular weight is 273 g/mol. The van der Waals surface area contributed by atoms with Gasteiger partial charge in [0.2, 0.25) is 0 Å². The fourth-order valence-corrected chi connectivity index (χ4v) is 1.86. The van der Waals surface area contributed by atoms with Crippen molar-refractivity contribution in [3.63, 3.8) is 0 Å². The highest BCUT2D eigenvalue weighted by Gasteiger charge is 2.05. The molecule has 1 aromatic carbocycles. The van der Waals surface area contributed by atoms with Crippen LogP contribution in [0.2, 0.25) is 5.15 Å². The van der Waals surface area contributed by atoms with Crippen LogP contribution in [0.1, 0.15) is 0 Å². The van der Waals surface area contributed by atoms with Crippen molar-refractivity contribution in [3.05, 3.63) is 33.9 Å². The van der Waals surface area contributed by atoms with E-state index in [9.17, 15) is 0 Å². The number of hydrogen-bond donors (Lipinski definition) is 0. The number of hydrogen-bond acceptors (Lipinski definition) is 2. The number of fused-ring (bicyclic) bond motifs is 1. The number of aromatic nitrogens is 1. The number of ether oxygens (including phenoxy) is 1. The predicted molar refractivity (Wildman–Crippen MR) is 61.0 cm³/mol. The maximum atomic E-state index is 5.84. The van der Waals surface area contributed by atoms with Crippen LogP contribution < -0.4 is 4.74 Å². The van der Waals surface area contributed by atoms with E-state index in [2.05, 4.69) is 20.9 Å². The van der Waals surface area contributed by atoms with Crippen molar-refractivity contribution in [2.45, 2.75) is 0 Å². The molecule has 0 unspecified atom stereocenters. The Kier molecular flexibility index (Phi) is 2.61. The highest BCUT2D eigenvalue weighted by atomic mass is 79.9. The lowest BCUT2D eigenvalue weighted by Gasteiger charge is -2.05. The Labute approximate surface area is 95.0 Å². The zero-order valence-corrected chi connectivity index (χ0v) is 9.76. The summed E-state index contributed by atoms with van der Waals surface area (Å²) >= 11 is 9.24. The Balaban J connectivity index is 2.81. The van der Waals surface area contributed by atoms with Crippen molar-refractivity contribution < 1.29 is 4.74 Å². The summed E-state index contributed by atoms with van der Waals surface area (Å²) in [6.07, 6.45) is 0. The highest BCUT2D eigenvalue weighted by Crippen LogP contribution is 2.29. The molecule has 1 heterocycles. The lowest BCUT2D eigenvalue weighted by molar-refractivity contribution is 0.419. The fourth-order valence-electron chi connectivity index (χ4n) is 1.31. The molecule has 0 atom stereocenters. The van der Waals surface area contributed by atoms with Crippen molar-refractivity contribution in [1.82, 2.24) is 4.98 Å². The van der Waals surface area contributed by atoms with E-state index in [1.54, 1.807) is 13.2 Å². The number of methoxy groups -OCH3 is 1. The average Bonchev–Trinajstić information content (AvgIpc) is 2.17. The summed E-state index contributed by atoms with van der Waals surface area (Å²) in [5.74, 6) is 0.737. The fraction of sp³-hybridized carbons (Fsp3) is 0.100. The van der Waals surface area contributed by atoms with Gasteiger partial charge < -0.3 is 4.74 Å². The minimum absolute atomic E-state index is 0.441. The molecule has 0 aliphatic heterocycles. The number of pyridine rings is 1. The highest BCUT2D eigenvalue weighted by molar-refractivity contribution is 9.10. The normalized spacial score (nSPS) is 10.5. The van der Waals surface area contributed by atoms with Crippen molar-refractivity contribution in [2.75, 3.05) is 7.11 Å². The molecule has 0 aliphatic carbocycles.